The van der Waals surface area contributed by atoms with Gasteiger partial charge in [0.2, 0.25) is 5.95 Å². The number of methoxy groups -OCH3 is 1. The summed E-state index contributed by atoms with van der Waals surface area (Å²) in [6.07, 6.45) is 3.33. The van der Waals surface area contributed by atoms with Crippen molar-refractivity contribution in [3.63, 3.8) is 0 Å². The highest BCUT2D eigenvalue weighted by atomic mass is 16.5. The van der Waals surface area contributed by atoms with Crippen molar-refractivity contribution in [3.05, 3.63) is 48.3 Å². The number of carbonyl (C=O) groups excluding carboxylic acids is 1. The minimum atomic E-state index is -0.505. The first-order valence-corrected chi connectivity index (χ1v) is 9.65. The molecule has 0 aliphatic heterocycles. The number of hydrogen-bond donors (Lipinski definition) is 2. The zero-order chi connectivity index (χ0) is 22.3. The van der Waals surface area contributed by atoms with Crippen LogP contribution >= 0.6 is 0 Å². The molecule has 31 heavy (non-hydrogen) atoms. The summed E-state index contributed by atoms with van der Waals surface area (Å²) < 4.78 is 6.99. The predicted octanol–water partition coefficient (Wildman–Crippen LogP) is 3.26. The van der Waals surface area contributed by atoms with Gasteiger partial charge in [-0.3, -0.25) is 0 Å². The van der Waals surface area contributed by atoms with Crippen LogP contribution in [-0.2, 0) is 10.3 Å². The van der Waals surface area contributed by atoms with Crippen molar-refractivity contribution in [2.24, 2.45) is 0 Å². The number of aromatic nitrogens is 5. The second kappa shape index (κ2) is 7.35. The number of nitrogens with two attached hydrogens (primary N) is 2. The highest BCUT2D eigenvalue weighted by Crippen LogP contribution is 2.34. The molecule has 0 amide bonds. The van der Waals surface area contributed by atoms with Crippen LogP contribution in [0.2, 0.25) is 0 Å². The maximum Gasteiger partial charge on any atom is 0.340 e. The summed E-state index contributed by atoms with van der Waals surface area (Å²) in [6.45, 7) is 6.18. The molecule has 0 aliphatic rings. The summed E-state index contributed by atoms with van der Waals surface area (Å²) in [6, 6.07) is 9.07. The second-order valence-electron chi connectivity index (χ2n) is 8.10. The van der Waals surface area contributed by atoms with Gasteiger partial charge < -0.3 is 20.8 Å². The van der Waals surface area contributed by atoms with E-state index in [9.17, 15) is 4.79 Å². The lowest BCUT2D eigenvalue weighted by molar-refractivity contribution is 0.0601. The molecule has 4 aromatic rings. The third kappa shape index (κ3) is 3.65. The number of fused-ring (bicyclic) bond motifs is 1. The number of nitrogen functional groups attached to an aromatic ring is 2. The van der Waals surface area contributed by atoms with E-state index in [0.717, 1.165) is 22.2 Å². The molecule has 0 saturated carbocycles. The molecule has 9 nitrogen and oxygen atoms in total. The van der Waals surface area contributed by atoms with E-state index in [-0.39, 0.29) is 17.3 Å². The Kier molecular flexibility index (Phi) is 4.81. The Morgan fingerprint density at radius 3 is 2.35 bits per heavy atom. The summed E-state index contributed by atoms with van der Waals surface area (Å²) in [5.41, 5.74) is 15.2. The molecule has 158 valence electrons. The average Bonchev–Trinajstić information content (AvgIpc) is 3.12. The molecule has 0 fully saturated rings. The first kappa shape index (κ1) is 20.3. The van der Waals surface area contributed by atoms with Gasteiger partial charge in [0, 0.05) is 23.5 Å². The van der Waals surface area contributed by atoms with Gasteiger partial charge in [0.25, 0.3) is 0 Å². The van der Waals surface area contributed by atoms with E-state index in [0.29, 0.717) is 17.1 Å². The average molecular weight is 417 g/mol. The van der Waals surface area contributed by atoms with E-state index < -0.39 is 5.97 Å². The van der Waals surface area contributed by atoms with Gasteiger partial charge in [-0.1, -0.05) is 6.07 Å². The lowest BCUT2D eigenvalue weighted by Gasteiger charge is -2.25. The largest absolute Gasteiger partial charge is 0.465 e. The van der Waals surface area contributed by atoms with E-state index in [1.807, 2.05) is 22.8 Å². The third-order valence-electron chi connectivity index (χ3n) is 4.86. The lowest BCUT2D eigenvalue weighted by Crippen LogP contribution is -2.23. The number of anilines is 2. The van der Waals surface area contributed by atoms with Crippen molar-refractivity contribution in [2.75, 3.05) is 18.6 Å². The molecule has 0 radical (unpaired) electrons. The summed E-state index contributed by atoms with van der Waals surface area (Å²) >= 11 is 0. The summed E-state index contributed by atoms with van der Waals surface area (Å²) in [5.74, 6) is 0.526. The van der Waals surface area contributed by atoms with Crippen LogP contribution in [0.15, 0.2) is 42.7 Å². The van der Waals surface area contributed by atoms with Crippen LogP contribution in [0.5, 0.6) is 0 Å². The Labute approximate surface area is 179 Å². The Morgan fingerprint density at radius 1 is 1.00 bits per heavy atom. The highest BCUT2D eigenvalue weighted by molar-refractivity contribution is 5.97. The van der Waals surface area contributed by atoms with Crippen LogP contribution in [-0.4, -0.2) is 37.6 Å². The number of hydrogen-bond acceptors (Lipinski definition) is 8. The van der Waals surface area contributed by atoms with E-state index >= 15 is 0 Å². The van der Waals surface area contributed by atoms with Crippen molar-refractivity contribution in [2.45, 2.75) is 26.3 Å². The van der Waals surface area contributed by atoms with Gasteiger partial charge in [0.1, 0.15) is 11.5 Å². The molecule has 0 saturated heterocycles. The maximum atomic E-state index is 12.4. The van der Waals surface area contributed by atoms with Crippen LogP contribution in [0.25, 0.3) is 33.7 Å². The fourth-order valence-electron chi connectivity index (χ4n) is 3.50. The van der Waals surface area contributed by atoms with Crippen molar-refractivity contribution < 1.29 is 9.53 Å². The van der Waals surface area contributed by atoms with Gasteiger partial charge in [-0.2, -0.15) is 0 Å². The fourth-order valence-corrected chi connectivity index (χ4v) is 3.50. The molecule has 0 unspecified atom stereocenters. The highest BCUT2D eigenvalue weighted by Gasteiger charge is 2.27. The number of esters is 1. The molecular formula is C22H23N7O2. The molecule has 9 heteroatoms. The zero-order valence-corrected chi connectivity index (χ0v) is 17.7. The van der Waals surface area contributed by atoms with Crippen LogP contribution in [0.1, 0.15) is 31.1 Å². The van der Waals surface area contributed by atoms with E-state index in [4.69, 9.17) is 21.2 Å². The molecule has 0 atom stereocenters. The zero-order valence-electron chi connectivity index (χ0n) is 17.7. The van der Waals surface area contributed by atoms with Gasteiger partial charge in [0.15, 0.2) is 5.82 Å². The van der Waals surface area contributed by atoms with Crippen molar-refractivity contribution in [1.82, 2.24) is 24.5 Å². The van der Waals surface area contributed by atoms with Gasteiger partial charge >= 0.3 is 5.97 Å². The molecule has 3 heterocycles. The van der Waals surface area contributed by atoms with Gasteiger partial charge in [-0.05, 0) is 50.6 Å². The number of imidazole rings is 1. The van der Waals surface area contributed by atoms with Crippen molar-refractivity contribution in [3.8, 4) is 22.6 Å². The van der Waals surface area contributed by atoms with Crippen LogP contribution in [0, 0.1) is 0 Å². The molecule has 0 bridgehead atoms. The Hall–Kier alpha value is -4.01. The van der Waals surface area contributed by atoms with Crippen molar-refractivity contribution >= 4 is 28.8 Å². The SMILES string of the molecule is COC(=O)c1ccc(N)nc1-c1nc2cc(-c3cnc(N)nc3)ccc2n1C(C)(C)C. The van der Waals surface area contributed by atoms with Gasteiger partial charge in [-0.15, -0.1) is 0 Å². The Bertz CT molecular complexity index is 1290. The monoisotopic (exact) mass is 417 g/mol. The van der Waals surface area contributed by atoms with Crippen LogP contribution in [0.3, 0.4) is 0 Å². The van der Waals surface area contributed by atoms with Crippen LogP contribution < -0.4 is 11.5 Å². The minimum absolute atomic E-state index is 0.215. The minimum Gasteiger partial charge on any atom is -0.465 e. The fraction of sp³-hybridized carbons (Fsp3) is 0.227. The number of nitrogens with zero attached hydrogens (tertiary/aromatic N) is 5. The first-order chi connectivity index (χ1) is 14.7. The first-order valence-electron chi connectivity index (χ1n) is 9.65. The number of rotatable bonds is 3. The molecule has 0 spiro atoms. The van der Waals surface area contributed by atoms with E-state index in [1.54, 1.807) is 24.5 Å². The normalized spacial score (nSPS) is 11.6. The lowest BCUT2D eigenvalue weighted by atomic mass is 10.1. The van der Waals surface area contributed by atoms with Gasteiger partial charge in [0.05, 0.1) is 23.7 Å². The second-order valence-corrected chi connectivity index (χ2v) is 8.10. The topological polar surface area (TPSA) is 135 Å². The van der Waals surface area contributed by atoms with Crippen LogP contribution in [0.4, 0.5) is 11.8 Å². The summed E-state index contributed by atoms with van der Waals surface area (Å²) in [7, 11) is 1.33. The maximum absolute atomic E-state index is 12.4. The third-order valence-corrected chi connectivity index (χ3v) is 4.86. The summed E-state index contributed by atoms with van der Waals surface area (Å²) in [4.78, 5) is 29.8. The molecular weight excluding hydrogens is 394 g/mol. The molecule has 3 aromatic heterocycles. The molecule has 0 aliphatic carbocycles. The Balaban J connectivity index is 1.99. The smallest absolute Gasteiger partial charge is 0.340 e. The predicted molar refractivity (Wildman–Crippen MR) is 119 cm³/mol. The number of pyridine rings is 1. The Morgan fingerprint density at radius 2 is 1.71 bits per heavy atom. The quantitative estimate of drug-likeness (QED) is 0.485. The number of benzene rings is 1. The van der Waals surface area contributed by atoms with E-state index in [1.165, 1.54) is 7.11 Å². The summed E-state index contributed by atoms with van der Waals surface area (Å²) in [5, 5.41) is 0. The van der Waals surface area contributed by atoms with Gasteiger partial charge in [-0.25, -0.2) is 24.7 Å². The van der Waals surface area contributed by atoms with E-state index in [2.05, 4.69) is 35.7 Å². The standard InChI is InChI=1S/C22H23N7O2/c1-22(2,3)29-16-7-5-12(13-10-25-21(24)26-11-13)9-15(16)27-19(29)18-14(20(30)31-4)6-8-17(23)28-18/h5-11H,1-4H3,(H2,23,28)(H2,24,25,26). The van der Waals surface area contributed by atoms with Crippen molar-refractivity contribution in [1.29, 1.82) is 0 Å². The molecule has 1 aromatic carbocycles. The molecule has 4 rings (SSSR count). The molecule has 4 N–H and O–H groups in total. The number of carbonyl (C=O) groups is 1. The number of ether oxygens (including phenoxy) is 1.